The van der Waals surface area contributed by atoms with E-state index < -0.39 is 5.54 Å². The molecule has 1 fully saturated rings. The minimum atomic E-state index is -0.653. The van der Waals surface area contributed by atoms with E-state index in [2.05, 4.69) is 6.08 Å². The fraction of sp³-hybridized carbons (Fsp3) is 0.750. The number of nitro groups is 1. The molecule has 3 heteroatoms. The maximum absolute atomic E-state index is 10.7. The summed E-state index contributed by atoms with van der Waals surface area (Å²) >= 11 is 0. The van der Waals surface area contributed by atoms with Gasteiger partial charge in [0.2, 0.25) is 5.54 Å². The molecule has 0 unspecified atom stereocenters. The third kappa shape index (κ3) is 0.737. The summed E-state index contributed by atoms with van der Waals surface area (Å²) in [6.45, 7) is 1.77. The third-order valence-corrected chi connectivity index (χ3v) is 3.06. The third-order valence-electron chi connectivity index (χ3n) is 3.06. The minimum absolute atomic E-state index is 0.110. The molecular formula is C8H11NO2. The molecule has 0 aromatic carbocycles. The van der Waals surface area contributed by atoms with E-state index in [1.807, 2.05) is 6.08 Å². The zero-order chi connectivity index (χ0) is 8.06. The molecule has 0 saturated heterocycles. The van der Waals surface area contributed by atoms with Gasteiger partial charge < -0.3 is 0 Å². The molecule has 11 heavy (non-hydrogen) atoms. The van der Waals surface area contributed by atoms with Crippen molar-refractivity contribution in [1.29, 1.82) is 0 Å². The van der Waals surface area contributed by atoms with E-state index in [-0.39, 0.29) is 10.8 Å². The molecule has 3 nitrogen and oxygen atoms in total. The molecule has 2 aliphatic carbocycles. The Morgan fingerprint density at radius 3 is 2.64 bits per heavy atom. The van der Waals surface area contributed by atoms with E-state index >= 15 is 0 Å². The topological polar surface area (TPSA) is 43.1 Å². The van der Waals surface area contributed by atoms with Gasteiger partial charge in [-0.25, -0.2) is 0 Å². The molecule has 0 amide bonds. The van der Waals surface area contributed by atoms with Crippen LogP contribution in [0.3, 0.4) is 0 Å². The highest BCUT2D eigenvalue weighted by Gasteiger charge is 2.54. The second kappa shape index (κ2) is 1.84. The zero-order valence-electron chi connectivity index (χ0n) is 6.49. The van der Waals surface area contributed by atoms with Gasteiger partial charge in [-0.15, -0.1) is 0 Å². The lowest BCUT2D eigenvalue weighted by atomic mass is 9.87. The smallest absolute Gasteiger partial charge is 0.226 e. The van der Waals surface area contributed by atoms with Crippen LogP contribution in [0.4, 0.5) is 0 Å². The van der Waals surface area contributed by atoms with Crippen molar-refractivity contribution >= 4 is 0 Å². The van der Waals surface area contributed by atoms with Gasteiger partial charge in [-0.3, -0.25) is 10.1 Å². The fourth-order valence-electron chi connectivity index (χ4n) is 2.28. The lowest BCUT2D eigenvalue weighted by Crippen LogP contribution is -2.38. The van der Waals surface area contributed by atoms with Crippen LogP contribution >= 0.6 is 0 Å². The van der Waals surface area contributed by atoms with Crippen LogP contribution in [-0.4, -0.2) is 10.5 Å². The van der Waals surface area contributed by atoms with Crippen molar-refractivity contribution in [2.45, 2.75) is 25.3 Å². The van der Waals surface area contributed by atoms with Crippen LogP contribution in [0.1, 0.15) is 19.8 Å². The van der Waals surface area contributed by atoms with Crippen LogP contribution in [0.15, 0.2) is 12.2 Å². The summed E-state index contributed by atoms with van der Waals surface area (Å²) in [7, 11) is 0. The first-order chi connectivity index (χ1) is 5.13. The van der Waals surface area contributed by atoms with Gasteiger partial charge in [-0.1, -0.05) is 12.2 Å². The van der Waals surface area contributed by atoms with E-state index in [1.54, 1.807) is 6.92 Å². The Labute approximate surface area is 65.2 Å². The van der Waals surface area contributed by atoms with E-state index in [0.29, 0.717) is 5.92 Å². The highest BCUT2D eigenvalue weighted by atomic mass is 16.6. The second-order valence-electron chi connectivity index (χ2n) is 3.81. The summed E-state index contributed by atoms with van der Waals surface area (Å²) in [4.78, 5) is 10.6. The summed E-state index contributed by atoms with van der Waals surface area (Å²) in [6, 6.07) is 0. The van der Waals surface area contributed by atoms with Gasteiger partial charge in [-0.2, -0.15) is 0 Å². The first-order valence-corrected chi connectivity index (χ1v) is 3.96. The summed E-state index contributed by atoms with van der Waals surface area (Å²) < 4.78 is 0. The molecular weight excluding hydrogens is 142 g/mol. The summed E-state index contributed by atoms with van der Waals surface area (Å²) in [6.07, 6.45) is 5.87. The summed E-state index contributed by atoms with van der Waals surface area (Å²) in [5.74, 6) is 0.679. The molecule has 0 aliphatic heterocycles. The Morgan fingerprint density at radius 1 is 1.64 bits per heavy atom. The van der Waals surface area contributed by atoms with Gasteiger partial charge in [0.25, 0.3) is 0 Å². The van der Waals surface area contributed by atoms with Crippen LogP contribution in [-0.2, 0) is 0 Å². The molecule has 0 N–H and O–H groups in total. The SMILES string of the molecule is C[C@]1([N+](=O)[O-])C[C@H]2C=C[C@H]1C2. The molecule has 2 rings (SSSR count). The fourth-order valence-corrected chi connectivity index (χ4v) is 2.28. The summed E-state index contributed by atoms with van der Waals surface area (Å²) in [5.41, 5.74) is -0.653. The van der Waals surface area contributed by atoms with Crippen molar-refractivity contribution < 1.29 is 4.92 Å². The van der Waals surface area contributed by atoms with Crippen LogP contribution in [0.25, 0.3) is 0 Å². The minimum Gasteiger partial charge on any atom is -0.264 e. The standard InChI is InChI=1S/C8H11NO2/c1-8(9(10)11)5-6-2-3-7(8)4-6/h2-3,6-7H,4-5H2,1H3/t6-,7-,8-/m0/s1. The van der Waals surface area contributed by atoms with Crippen LogP contribution in [0.2, 0.25) is 0 Å². The first kappa shape index (κ1) is 6.83. The normalized spacial score (nSPS) is 46.6. The number of fused-ring (bicyclic) bond motifs is 2. The molecule has 60 valence electrons. The van der Waals surface area contributed by atoms with Crippen LogP contribution < -0.4 is 0 Å². The van der Waals surface area contributed by atoms with Crippen molar-refractivity contribution in [1.82, 2.24) is 0 Å². The van der Waals surface area contributed by atoms with Gasteiger partial charge >= 0.3 is 0 Å². The van der Waals surface area contributed by atoms with Crippen molar-refractivity contribution in [2.75, 3.05) is 0 Å². The highest BCUT2D eigenvalue weighted by molar-refractivity contribution is 5.15. The van der Waals surface area contributed by atoms with Crippen molar-refractivity contribution in [3.63, 3.8) is 0 Å². The Bertz CT molecular complexity index is 236. The Balaban J connectivity index is 2.30. The predicted octanol–water partition coefficient (Wildman–Crippen LogP) is 1.62. The molecule has 0 spiro atoms. The van der Waals surface area contributed by atoms with E-state index in [0.717, 1.165) is 12.8 Å². The molecule has 0 aromatic heterocycles. The average molecular weight is 153 g/mol. The van der Waals surface area contributed by atoms with Gasteiger partial charge in [0, 0.05) is 24.2 Å². The van der Waals surface area contributed by atoms with Crippen LogP contribution in [0, 0.1) is 22.0 Å². The molecule has 0 aromatic rings. The number of rotatable bonds is 1. The quantitative estimate of drug-likeness (QED) is 0.326. The van der Waals surface area contributed by atoms with Crippen molar-refractivity contribution in [2.24, 2.45) is 11.8 Å². The Hall–Kier alpha value is -0.860. The maximum atomic E-state index is 10.7. The monoisotopic (exact) mass is 153 g/mol. The first-order valence-electron chi connectivity index (χ1n) is 3.96. The molecule has 1 saturated carbocycles. The van der Waals surface area contributed by atoms with Crippen molar-refractivity contribution in [3.8, 4) is 0 Å². The largest absolute Gasteiger partial charge is 0.264 e. The van der Waals surface area contributed by atoms with Gasteiger partial charge in [-0.05, 0) is 12.3 Å². The average Bonchev–Trinajstić information content (AvgIpc) is 2.45. The number of hydrogen-bond donors (Lipinski definition) is 0. The maximum Gasteiger partial charge on any atom is 0.226 e. The van der Waals surface area contributed by atoms with Gasteiger partial charge in [0.15, 0.2) is 0 Å². The Kier molecular flexibility index (Phi) is 1.14. The zero-order valence-corrected chi connectivity index (χ0v) is 6.49. The lowest BCUT2D eigenvalue weighted by molar-refractivity contribution is -0.570. The van der Waals surface area contributed by atoms with Gasteiger partial charge in [0.1, 0.15) is 0 Å². The number of allylic oxidation sites excluding steroid dienone is 1. The van der Waals surface area contributed by atoms with Crippen LogP contribution in [0.5, 0.6) is 0 Å². The van der Waals surface area contributed by atoms with E-state index in [1.165, 1.54) is 0 Å². The molecule has 3 atom stereocenters. The predicted molar refractivity (Wildman–Crippen MR) is 40.8 cm³/mol. The number of nitrogens with zero attached hydrogens (tertiary/aromatic N) is 1. The number of hydrogen-bond acceptors (Lipinski definition) is 2. The van der Waals surface area contributed by atoms with Crippen molar-refractivity contribution in [3.05, 3.63) is 22.3 Å². The molecule has 0 radical (unpaired) electrons. The summed E-state index contributed by atoms with van der Waals surface area (Å²) in [5, 5.41) is 10.7. The molecule has 0 heterocycles. The molecule has 2 bridgehead atoms. The van der Waals surface area contributed by atoms with E-state index in [4.69, 9.17) is 0 Å². The van der Waals surface area contributed by atoms with E-state index in [9.17, 15) is 10.1 Å². The molecule has 2 aliphatic rings. The Morgan fingerprint density at radius 2 is 2.36 bits per heavy atom. The van der Waals surface area contributed by atoms with Gasteiger partial charge in [0.05, 0.1) is 0 Å². The second-order valence-corrected chi connectivity index (χ2v) is 3.81. The lowest BCUT2D eigenvalue weighted by Gasteiger charge is -2.21. The highest BCUT2D eigenvalue weighted by Crippen LogP contribution is 2.47.